The highest BCUT2D eigenvalue weighted by Gasteiger charge is 2.08. The predicted octanol–water partition coefficient (Wildman–Crippen LogP) is 2.44. The monoisotopic (exact) mass is 267 g/mol. The second-order valence-electron chi connectivity index (χ2n) is 3.30. The summed E-state index contributed by atoms with van der Waals surface area (Å²) in [5, 5.41) is 9.25. The molecule has 0 aromatic carbocycles. The number of nitrogens with one attached hydrogen (secondary N) is 1. The molecule has 0 spiro atoms. The first-order valence-corrected chi connectivity index (χ1v) is 7.11. The molecule has 7 heteroatoms. The Kier molecular flexibility index (Phi) is 4.69. The predicted molar refractivity (Wildman–Crippen MR) is 70.3 cm³/mol. The molecule has 2 rings (SSSR count). The summed E-state index contributed by atoms with van der Waals surface area (Å²) in [5.41, 5.74) is 0.973. The molecule has 0 amide bonds. The first kappa shape index (κ1) is 12.3. The van der Waals surface area contributed by atoms with Gasteiger partial charge in [-0.1, -0.05) is 23.2 Å². The van der Waals surface area contributed by atoms with Crippen molar-refractivity contribution in [3.05, 3.63) is 24.2 Å². The van der Waals surface area contributed by atoms with Gasteiger partial charge < -0.3 is 5.32 Å². The molecule has 5 nitrogen and oxygen atoms in total. The van der Waals surface area contributed by atoms with Crippen LogP contribution in [0.1, 0.15) is 19.0 Å². The van der Waals surface area contributed by atoms with Gasteiger partial charge in [0.2, 0.25) is 0 Å². The SMILES string of the molecule is CCCNc1snnc1CSc1ncccn1. The maximum atomic E-state index is 4.16. The highest BCUT2D eigenvalue weighted by atomic mass is 32.2. The normalized spacial score (nSPS) is 10.4. The Morgan fingerprint density at radius 1 is 1.35 bits per heavy atom. The number of thioether (sulfide) groups is 1. The first-order chi connectivity index (χ1) is 8.40. The average Bonchev–Trinajstić information content (AvgIpc) is 2.82. The Morgan fingerprint density at radius 2 is 2.18 bits per heavy atom. The van der Waals surface area contributed by atoms with Crippen molar-refractivity contribution in [2.75, 3.05) is 11.9 Å². The molecule has 2 heterocycles. The molecule has 1 N–H and O–H groups in total. The minimum Gasteiger partial charge on any atom is -0.374 e. The van der Waals surface area contributed by atoms with Gasteiger partial charge in [-0.2, -0.15) is 0 Å². The molecule has 0 saturated carbocycles. The molecule has 0 radical (unpaired) electrons. The Morgan fingerprint density at radius 3 is 2.94 bits per heavy atom. The lowest BCUT2D eigenvalue weighted by atomic mass is 10.4. The maximum Gasteiger partial charge on any atom is 0.187 e. The Bertz CT molecular complexity index is 445. The van der Waals surface area contributed by atoms with E-state index in [2.05, 4.69) is 31.8 Å². The standard InChI is InChI=1S/C10H13N5S2/c1-2-4-11-9-8(14-15-17-9)7-16-10-12-5-3-6-13-10/h3,5-6,11H,2,4,7H2,1H3. The Hall–Kier alpha value is -1.21. The van der Waals surface area contributed by atoms with Gasteiger partial charge >= 0.3 is 0 Å². The summed E-state index contributed by atoms with van der Waals surface area (Å²) in [4.78, 5) is 8.31. The minimum absolute atomic E-state index is 0.743. The number of anilines is 1. The van der Waals surface area contributed by atoms with Crippen LogP contribution < -0.4 is 5.32 Å². The zero-order valence-corrected chi connectivity index (χ0v) is 11.1. The third kappa shape index (κ3) is 3.64. The molecule has 0 unspecified atom stereocenters. The number of hydrogen-bond donors (Lipinski definition) is 1. The van der Waals surface area contributed by atoms with Crippen molar-refractivity contribution >= 4 is 28.3 Å². The summed E-state index contributed by atoms with van der Waals surface area (Å²) in [6.45, 7) is 3.08. The van der Waals surface area contributed by atoms with E-state index in [4.69, 9.17) is 0 Å². The summed E-state index contributed by atoms with van der Waals surface area (Å²) in [6, 6.07) is 1.81. The minimum atomic E-state index is 0.743. The topological polar surface area (TPSA) is 63.6 Å². The highest BCUT2D eigenvalue weighted by molar-refractivity contribution is 7.98. The van der Waals surface area contributed by atoms with Gasteiger partial charge in [0.05, 0.1) is 0 Å². The van der Waals surface area contributed by atoms with Crippen LogP contribution >= 0.6 is 23.3 Å². The van der Waals surface area contributed by atoms with E-state index in [1.54, 1.807) is 24.2 Å². The van der Waals surface area contributed by atoms with E-state index in [0.717, 1.165) is 34.6 Å². The van der Waals surface area contributed by atoms with Gasteiger partial charge in [-0.25, -0.2) is 9.97 Å². The van der Waals surface area contributed by atoms with E-state index in [0.29, 0.717) is 0 Å². The van der Waals surface area contributed by atoms with Crippen LogP contribution in [0.4, 0.5) is 5.00 Å². The van der Waals surface area contributed by atoms with Crippen LogP contribution in [-0.4, -0.2) is 26.1 Å². The van der Waals surface area contributed by atoms with E-state index in [1.807, 2.05) is 6.07 Å². The van der Waals surface area contributed by atoms with Crippen LogP contribution in [0.5, 0.6) is 0 Å². The van der Waals surface area contributed by atoms with Crippen molar-refractivity contribution in [1.29, 1.82) is 0 Å². The van der Waals surface area contributed by atoms with E-state index in [1.165, 1.54) is 11.5 Å². The fraction of sp³-hybridized carbons (Fsp3) is 0.400. The lowest BCUT2D eigenvalue weighted by Gasteiger charge is -2.02. The second kappa shape index (κ2) is 6.51. The summed E-state index contributed by atoms with van der Waals surface area (Å²) < 4.78 is 3.96. The third-order valence-electron chi connectivity index (χ3n) is 1.97. The average molecular weight is 267 g/mol. The van der Waals surface area contributed by atoms with Gasteiger partial charge in [0.25, 0.3) is 0 Å². The van der Waals surface area contributed by atoms with Gasteiger partial charge in [0, 0.05) is 36.2 Å². The van der Waals surface area contributed by atoms with E-state index in [9.17, 15) is 0 Å². The van der Waals surface area contributed by atoms with Crippen LogP contribution in [-0.2, 0) is 5.75 Å². The van der Waals surface area contributed by atoms with Gasteiger partial charge in [0.1, 0.15) is 10.7 Å². The molecular formula is C10H13N5S2. The number of hydrogen-bond acceptors (Lipinski definition) is 7. The quantitative estimate of drug-likeness (QED) is 0.640. The van der Waals surface area contributed by atoms with Gasteiger partial charge in [-0.15, -0.1) is 5.10 Å². The molecule has 0 aliphatic carbocycles. The van der Waals surface area contributed by atoms with Gasteiger partial charge in [0.15, 0.2) is 5.16 Å². The van der Waals surface area contributed by atoms with Crippen molar-refractivity contribution in [2.45, 2.75) is 24.3 Å². The third-order valence-corrected chi connectivity index (χ3v) is 3.58. The molecule has 0 aliphatic rings. The highest BCUT2D eigenvalue weighted by Crippen LogP contribution is 2.24. The molecule has 90 valence electrons. The van der Waals surface area contributed by atoms with Crippen LogP contribution in [0.25, 0.3) is 0 Å². The van der Waals surface area contributed by atoms with Gasteiger partial charge in [-0.3, -0.25) is 0 Å². The molecular weight excluding hydrogens is 254 g/mol. The van der Waals surface area contributed by atoms with Crippen LogP contribution in [0, 0.1) is 0 Å². The molecule has 0 atom stereocenters. The van der Waals surface area contributed by atoms with Crippen molar-refractivity contribution in [2.24, 2.45) is 0 Å². The molecule has 0 saturated heterocycles. The van der Waals surface area contributed by atoms with Crippen molar-refractivity contribution in [3.63, 3.8) is 0 Å². The number of rotatable bonds is 6. The summed E-state index contributed by atoms with van der Waals surface area (Å²) in [6.07, 6.45) is 4.57. The molecule has 0 fully saturated rings. The summed E-state index contributed by atoms with van der Waals surface area (Å²) in [7, 11) is 0. The zero-order chi connectivity index (χ0) is 11.9. The smallest absolute Gasteiger partial charge is 0.187 e. The summed E-state index contributed by atoms with van der Waals surface area (Å²) in [5.74, 6) is 0.743. The molecule has 0 bridgehead atoms. The number of aromatic nitrogens is 4. The number of nitrogens with zero attached hydrogens (tertiary/aromatic N) is 4. The fourth-order valence-electron chi connectivity index (χ4n) is 1.17. The van der Waals surface area contributed by atoms with Gasteiger partial charge in [-0.05, 0) is 12.5 Å². The zero-order valence-electron chi connectivity index (χ0n) is 9.46. The van der Waals surface area contributed by atoms with Crippen LogP contribution in [0.15, 0.2) is 23.6 Å². The van der Waals surface area contributed by atoms with Crippen molar-refractivity contribution in [3.8, 4) is 0 Å². The van der Waals surface area contributed by atoms with Crippen molar-refractivity contribution in [1.82, 2.24) is 19.6 Å². The Labute approximate surface area is 108 Å². The second-order valence-corrected chi connectivity index (χ2v) is 4.99. The van der Waals surface area contributed by atoms with Crippen LogP contribution in [0.2, 0.25) is 0 Å². The summed E-state index contributed by atoms with van der Waals surface area (Å²) >= 11 is 2.97. The Balaban J connectivity index is 1.92. The first-order valence-electron chi connectivity index (χ1n) is 5.35. The van der Waals surface area contributed by atoms with Crippen molar-refractivity contribution < 1.29 is 0 Å². The lowest BCUT2D eigenvalue weighted by Crippen LogP contribution is -2.00. The molecule has 17 heavy (non-hydrogen) atoms. The molecule has 2 aromatic rings. The lowest BCUT2D eigenvalue weighted by molar-refractivity contribution is 0.960. The molecule has 2 aromatic heterocycles. The largest absolute Gasteiger partial charge is 0.374 e. The maximum absolute atomic E-state index is 4.16. The van der Waals surface area contributed by atoms with E-state index >= 15 is 0 Å². The fourth-order valence-corrected chi connectivity index (χ4v) is 2.60. The molecule has 0 aliphatic heterocycles. The van der Waals surface area contributed by atoms with E-state index < -0.39 is 0 Å². The van der Waals surface area contributed by atoms with Crippen LogP contribution in [0.3, 0.4) is 0 Å². The van der Waals surface area contributed by atoms with E-state index in [-0.39, 0.29) is 0 Å².